The van der Waals surface area contributed by atoms with Crippen LogP contribution in [0.2, 0.25) is 0 Å². The van der Waals surface area contributed by atoms with Gasteiger partial charge in [-0.05, 0) is 19.1 Å². The zero-order chi connectivity index (χ0) is 22.1. The normalized spacial score (nSPS) is 21.7. The van der Waals surface area contributed by atoms with Gasteiger partial charge in [0.2, 0.25) is 0 Å². The van der Waals surface area contributed by atoms with E-state index in [2.05, 4.69) is 35.1 Å². The Morgan fingerprint density at radius 3 is 2.88 bits per heavy atom. The average molecular weight is 435 g/mol. The number of aliphatic imine (C=N–C) groups is 1. The second-order valence-corrected chi connectivity index (χ2v) is 8.11. The number of carbonyl (C=O) groups excluding carboxylic acids is 1. The number of ether oxygens (including phenoxy) is 1. The van der Waals surface area contributed by atoms with E-state index in [0.29, 0.717) is 22.6 Å². The van der Waals surface area contributed by atoms with Crippen molar-refractivity contribution >= 4 is 34.7 Å². The van der Waals surface area contributed by atoms with Crippen LogP contribution in [-0.4, -0.2) is 82.5 Å². The van der Waals surface area contributed by atoms with E-state index in [9.17, 15) is 9.90 Å². The van der Waals surface area contributed by atoms with Gasteiger partial charge in [-0.1, -0.05) is 6.07 Å². The molecular formula is C22H25N7O3. The molecule has 3 aromatic rings. The highest BCUT2D eigenvalue weighted by Crippen LogP contribution is 2.32. The Morgan fingerprint density at radius 1 is 1.19 bits per heavy atom. The number of fused-ring (bicyclic) bond motifs is 7. The summed E-state index contributed by atoms with van der Waals surface area (Å²) in [5.74, 6) is 1.16. The van der Waals surface area contributed by atoms with Gasteiger partial charge in [-0.15, -0.1) is 0 Å². The molecule has 1 atom stereocenters. The predicted octanol–water partition coefficient (Wildman–Crippen LogP) is 1.43. The van der Waals surface area contributed by atoms with Gasteiger partial charge in [-0.25, -0.2) is 9.97 Å². The smallest absolute Gasteiger partial charge is 0.258 e. The predicted molar refractivity (Wildman–Crippen MR) is 121 cm³/mol. The number of carbonyl (C=O) groups is 1. The van der Waals surface area contributed by atoms with Crippen LogP contribution in [0, 0.1) is 0 Å². The highest BCUT2D eigenvalue weighted by Gasteiger charge is 2.24. The molecule has 3 aliphatic heterocycles. The molecule has 0 spiro atoms. The zero-order valence-corrected chi connectivity index (χ0v) is 17.8. The molecule has 5 heterocycles. The number of nitrogens with one attached hydrogen (secondary N) is 2. The Bertz CT molecular complexity index is 1170. The van der Waals surface area contributed by atoms with Crippen LogP contribution in [-0.2, 0) is 4.79 Å². The molecule has 10 heteroatoms. The van der Waals surface area contributed by atoms with Gasteiger partial charge in [0.1, 0.15) is 23.5 Å². The number of aromatic nitrogens is 3. The Morgan fingerprint density at radius 2 is 2.03 bits per heavy atom. The van der Waals surface area contributed by atoms with E-state index >= 15 is 0 Å². The Balaban J connectivity index is 1.56. The number of rotatable bonds is 0. The maximum atomic E-state index is 12.3. The fraction of sp³-hybridized carbons (Fsp3) is 0.364. The van der Waals surface area contributed by atoms with Gasteiger partial charge in [0, 0.05) is 51.0 Å². The first-order valence-electron chi connectivity index (χ1n) is 10.7. The van der Waals surface area contributed by atoms with E-state index in [4.69, 9.17) is 4.74 Å². The summed E-state index contributed by atoms with van der Waals surface area (Å²) in [5, 5.41) is 14.3. The first-order chi connectivity index (χ1) is 15.6. The molecular weight excluding hydrogens is 410 g/mol. The maximum Gasteiger partial charge on any atom is 0.258 e. The average Bonchev–Trinajstić information content (AvgIpc) is 3.11. The molecule has 1 saturated heterocycles. The molecule has 0 unspecified atom stereocenters. The number of hydrogen-bond donors (Lipinski definition) is 3. The summed E-state index contributed by atoms with van der Waals surface area (Å²) in [6.45, 7) is 5.94. The van der Waals surface area contributed by atoms with Gasteiger partial charge >= 0.3 is 0 Å². The number of nitrogens with zero attached hydrogens (tertiary/aromatic N) is 5. The van der Waals surface area contributed by atoms with E-state index in [-0.39, 0.29) is 24.4 Å². The summed E-state index contributed by atoms with van der Waals surface area (Å²) in [7, 11) is 0. The number of anilines is 1. The van der Waals surface area contributed by atoms with Gasteiger partial charge in [0.05, 0.1) is 16.6 Å². The molecule has 0 saturated carbocycles. The first kappa shape index (κ1) is 20.3. The lowest BCUT2D eigenvalue weighted by Crippen LogP contribution is -2.51. The van der Waals surface area contributed by atoms with Crippen molar-refractivity contribution in [2.45, 2.75) is 13.0 Å². The van der Waals surface area contributed by atoms with E-state index in [1.54, 1.807) is 18.3 Å². The number of benzene rings is 1. The maximum absolute atomic E-state index is 12.3. The number of amides is 1. The van der Waals surface area contributed by atoms with E-state index in [0.717, 1.165) is 43.9 Å². The number of aromatic hydroxyl groups is 1. The van der Waals surface area contributed by atoms with Crippen molar-refractivity contribution in [3.8, 4) is 11.6 Å². The fourth-order valence-corrected chi connectivity index (χ4v) is 4.22. The Kier molecular flexibility index (Phi) is 5.36. The summed E-state index contributed by atoms with van der Waals surface area (Å²) in [4.78, 5) is 33.1. The number of aromatic amines is 1. The zero-order valence-electron chi connectivity index (χ0n) is 17.8. The van der Waals surface area contributed by atoms with Crippen LogP contribution in [0.15, 0.2) is 35.6 Å². The minimum Gasteiger partial charge on any atom is -0.494 e. The van der Waals surface area contributed by atoms with Crippen molar-refractivity contribution in [3.63, 3.8) is 0 Å². The molecule has 4 bridgehead atoms. The van der Waals surface area contributed by atoms with Gasteiger partial charge in [-0.2, -0.15) is 0 Å². The Hall–Kier alpha value is -3.66. The molecule has 166 valence electrons. The van der Waals surface area contributed by atoms with E-state index in [1.807, 2.05) is 19.1 Å². The third-order valence-electron chi connectivity index (χ3n) is 5.73. The van der Waals surface area contributed by atoms with Gasteiger partial charge in [-0.3, -0.25) is 14.7 Å². The third-order valence-corrected chi connectivity index (χ3v) is 5.73. The van der Waals surface area contributed by atoms with E-state index in [1.165, 1.54) is 6.33 Å². The highest BCUT2D eigenvalue weighted by molar-refractivity contribution is 6.06. The largest absolute Gasteiger partial charge is 0.494 e. The van der Waals surface area contributed by atoms with Crippen molar-refractivity contribution in [3.05, 3.63) is 36.2 Å². The first-order valence-corrected chi connectivity index (χ1v) is 10.7. The summed E-state index contributed by atoms with van der Waals surface area (Å²) in [5.41, 5.74) is 1.75. The molecule has 2 aromatic heterocycles. The quantitative estimate of drug-likeness (QED) is 0.489. The molecule has 3 N–H and O–H groups in total. The summed E-state index contributed by atoms with van der Waals surface area (Å²) in [6, 6.07) is 7.17. The van der Waals surface area contributed by atoms with Gasteiger partial charge in [0.25, 0.3) is 5.91 Å². The molecule has 10 nitrogen and oxygen atoms in total. The second-order valence-electron chi connectivity index (χ2n) is 8.11. The fourth-order valence-electron chi connectivity index (χ4n) is 4.22. The van der Waals surface area contributed by atoms with Crippen LogP contribution in [0.25, 0.3) is 11.0 Å². The summed E-state index contributed by atoms with van der Waals surface area (Å²) >= 11 is 0. The van der Waals surface area contributed by atoms with Gasteiger partial charge in [0.15, 0.2) is 12.5 Å². The van der Waals surface area contributed by atoms with Crippen LogP contribution >= 0.6 is 0 Å². The van der Waals surface area contributed by atoms with Crippen molar-refractivity contribution < 1.29 is 14.6 Å². The number of H-pyrrole nitrogens is 1. The lowest BCUT2D eigenvalue weighted by atomic mass is 10.2. The van der Waals surface area contributed by atoms with Crippen LogP contribution in [0.5, 0.6) is 11.6 Å². The van der Waals surface area contributed by atoms with Crippen molar-refractivity contribution in [1.29, 1.82) is 0 Å². The Labute approximate surface area is 184 Å². The minimum atomic E-state index is -0.156. The van der Waals surface area contributed by atoms with Crippen LogP contribution in [0.4, 0.5) is 11.5 Å². The number of piperazine rings is 1. The molecule has 6 rings (SSSR count). The monoisotopic (exact) mass is 435 g/mol. The van der Waals surface area contributed by atoms with Crippen molar-refractivity contribution in [1.82, 2.24) is 25.2 Å². The third kappa shape index (κ3) is 4.09. The minimum absolute atomic E-state index is 0.00330. The van der Waals surface area contributed by atoms with Gasteiger partial charge < -0.3 is 25.0 Å². The topological polar surface area (TPSA) is 119 Å². The summed E-state index contributed by atoms with van der Waals surface area (Å²) < 4.78 is 5.65. The molecule has 3 aliphatic rings. The lowest BCUT2D eigenvalue weighted by Gasteiger charge is -2.36. The van der Waals surface area contributed by atoms with Crippen LogP contribution in [0.3, 0.4) is 0 Å². The lowest BCUT2D eigenvalue weighted by molar-refractivity contribution is -0.123. The SMILES string of the molecule is C[C@H]1CN2CCN(CC2)c2ncnc3[nH]c(O)c(c23)C=Nc2cccc(c2)OCC(=O)N1. The number of hydrogen-bond acceptors (Lipinski definition) is 8. The molecule has 1 amide bonds. The second kappa shape index (κ2) is 8.46. The summed E-state index contributed by atoms with van der Waals surface area (Å²) in [6.07, 6.45) is 3.11. The molecule has 1 fully saturated rings. The van der Waals surface area contributed by atoms with E-state index < -0.39 is 0 Å². The van der Waals surface area contributed by atoms with Crippen LogP contribution < -0.4 is 15.0 Å². The molecule has 32 heavy (non-hydrogen) atoms. The molecule has 0 radical (unpaired) electrons. The van der Waals surface area contributed by atoms with Crippen molar-refractivity contribution in [2.24, 2.45) is 4.99 Å². The van der Waals surface area contributed by atoms with Crippen molar-refractivity contribution in [2.75, 3.05) is 44.2 Å². The standard InChI is InChI=1S/C22H25N7O3/c1-14-11-28-5-7-29(8-6-28)21-19-17(22(31)27-20(19)24-13-25-21)10-23-15-3-2-4-16(9-15)32-12-18(30)26-14/h2-4,9-10,13-14,31H,5-8,11-12H2,1H3,(H,26,30)(H,24,25,27)/t14-/m0/s1. The molecule has 1 aromatic carbocycles. The van der Waals surface area contributed by atoms with Crippen LogP contribution in [0.1, 0.15) is 12.5 Å². The highest BCUT2D eigenvalue weighted by atomic mass is 16.5. The molecule has 0 aliphatic carbocycles.